The summed E-state index contributed by atoms with van der Waals surface area (Å²) >= 11 is 5.99. The quantitative estimate of drug-likeness (QED) is 0.778. The number of nitrogen functional groups attached to an aromatic ring is 1. The maximum Gasteiger partial charge on any atom is 0.138 e. The third kappa shape index (κ3) is 4.00. The van der Waals surface area contributed by atoms with Crippen molar-refractivity contribution < 1.29 is 4.74 Å². The Morgan fingerprint density at radius 1 is 1.47 bits per heavy atom. The van der Waals surface area contributed by atoms with Gasteiger partial charge in [-0.15, -0.1) is 0 Å². The van der Waals surface area contributed by atoms with Crippen molar-refractivity contribution in [3.05, 3.63) is 23.2 Å². The largest absolute Gasteiger partial charge is 0.492 e. The number of anilines is 1. The molecule has 1 rings (SSSR count). The molecule has 2 nitrogen and oxygen atoms in total. The monoisotopic (exact) mass is 227 g/mol. The lowest BCUT2D eigenvalue weighted by Gasteiger charge is -2.13. The molecule has 0 spiro atoms. The second-order valence-electron chi connectivity index (χ2n) is 3.89. The summed E-state index contributed by atoms with van der Waals surface area (Å²) in [6.07, 6.45) is 2.35. The van der Waals surface area contributed by atoms with E-state index in [1.54, 1.807) is 12.1 Å². The van der Waals surface area contributed by atoms with Gasteiger partial charge in [0.2, 0.25) is 0 Å². The second kappa shape index (κ2) is 5.86. The molecule has 15 heavy (non-hydrogen) atoms. The van der Waals surface area contributed by atoms with Crippen LogP contribution >= 0.6 is 11.6 Å². The fourth-order valence-electron chi connectivity index (χ4n) is 1.44. The molecule has 0 aliphatic heterocycles. The first-order valence-corrected chi connectivity index (χ1v) is 5.69. The van der Waals surface area contributed by atoms with E-state index in [0.717, 1.165) is 0 Å². The first kappa shape index (κ1) is 12.2. The Kier molecular flexibility index (Phi) is 4.76. The molecule has 0 radical (unpaired) electrons. The summed E-state index contributed by atoms with van der Waals surface area (Å²) in [6, 6.07) is 5.32. The fraction of sp³-hybridized carbons (Fsp3) is 0.500. The first-order chi connectivity index (χ1) is 7.13. The molecule has 0 aliphatic carbocycles. The van der Waals surface area contributed by atoms with Crippen LogP contribution in [0.3, 0.4) is 0 Å². The molecule has 0 heterocycles. The van der Waals surface area contributed by atoms with Gasteiger partial charge < -0.3 is 10.5 Å². The van der Waals surface area contributed by atoms with Crippen LogP contribution in [0.15, 0.2) is 18.2 Å². The SMILES string of the molecule is CCCC(C)COc1ccc(N)cc1Cl. The molecule has 1 unspecified atom stereocenters. The van der Waals surface area contributed by atoms with Crippen molar-refractivity contribution in [2.45, 2.75) is 26.7 Å². The van der Waals surface area contributed by atoms with Crippen LogP contribution in [0, 0.1) is 5.92 Å². The molecule has 3 heteroatoms. The lowest BCUT2D eigenvalue weighted by Crippen LogP contribution is -2.08. The molecular weight excluding hydrogens is 210 g/mol. The number of rotatable bonds is 5. The molecule has 1 aromatic rings. The summed E-state index contributed by atoms with van der Waals surface area (Å²) in [5.41, 5.74) is 6.25. The molecule has 84 valence electrons. The summed E-state index contributed by atoms with van der Waals surface area (Å²) in [5, 5.41) is 0.582. The molecule has 1 atom stereocenters. The van der Waals surface area contributed by atoms with Crippen molar-refractivity contribution in [3.8, 4) is 5.75 Å². The van der Waals surface area contributed by atoms with Gasteiger partial charge in [-0.25, -0.2) is 0 Å². The Morgan fingerprint density at radius 3 is 2.80 bits per heavy atom. The first-order valence-electron chi connectivity index (χ1n) is 5.31. The number of halogens is 1. The maximum absolute atomic E-state index is 5.99. The van der Waals surface area contributed by atoms with Crippen LogP contribution in [-0.2, 0) is 0 Å². The van der Waals surface area contributed by atoms with Crippen LogP contribution < -0.4 is 10.5 Å². The highest BCUT2D eigenvalue weighted by molar-refractivity contribution is 6.32. The van der Waals surface area contributed by atoms with E-state index in [1.165, 1.54) is 12.8 Å². The van der Waals surface area contributed by atoms with Gasteiger partial charge in [0.15, 0.2) is 0 Å². The number of hydrogen-bond acceptors (Lipinski definition) is 2. The molecular formula is C12H18ClNO. The molecule has 0 bridgehead atoms. The van der Waals surface area contributed by atoms with Crippen LogP contribution in [0.5, 0.6) is 5.75 Å². The number of benzene rings is 1. The predicted octanol–water partition coefficient (Wildman–Crippen LogP) is 3.74. The summed E-state index contributed by atoms with van der Waals surface area (Å²) in [5.74, 6) is 1.28. The zero-order valence-corrected chi connectivity index (χ0v) is 10.1. The van der Waals surface area contributed by atoms with Crippen LogP contribution in [0.1, 0.15) is 26.7 Å². The number of nitrogens with two attached hydrogens (primary N) is 1. The minimum atomic E-state index is 0.559. The average molecular weight is 228 g/mol. The van der Waals surface area contributed by atoms with Crippen molar-refractivity contribution >= 4 is 17.3 Å². The van der Waals surface area contributed by atoms with Crippen LogP contribution in [0.2, 0.25) is 5.02 Å². The highest BCUT2D eigenvalue weighted by Crippen LogP contribution is 2.26. The second-order valence-corrected chi connectivity index (χ2v) is 4.30. The molecule has 0 amide bonds. The Balaban J connectivity index is 2.50. The molecule has 1 aromatic carbocycles. The van der Waals surface area contributed by atoms with Gasteiger partial charge in [-0.05, 0) is 30.5 Å². The lowest BCUT2D eigenvalue weighted by molar-refractivity contribution is 0.251. The van der Waals surface area contributed by atoms with Crippen molar-refractivity contribution in [2.75, 3.05) is 12.3 Å². The minimum Gasteiger partial charge on any atom is -0.492 e. The van der Waals surface area contributed by atoms with Crippen LogP contribution in [-0.4, -0.2) is 6.61 Å². The van der Waals surface area contributed by atoms with Gasteiger partial charge in [-0.2, -0.15) is 0 Å². The summed E-state index contributed by atoms with van der Waals surface area (Å²) in [6.45, 7) is 5.05. The number of ether oxygens (including phenoxy) is 1. The Hall–Kier alpha value is -0.890. The summed E-state index contributed by atoms with van der Waals surface area (Å²) in [7, 11) is 0. The van der Waals surface area contributed by atoms with E-state index in [9.17, 15) is 0 Å². The van der Waals surface area contributed by atoms with Gasteiger partial charge >= 0.3 is 0 Å². The minimum absolute atomic E-state index is 0.559. The molecule has 0 aromatic heterocycles. The van der Waals surface area contributed by atoms with E-state index < -0.39 is 0 Å². The van der Waals surface area contributed by atoms with E-state index >= 15 is 0 Å². The Morgan fingerprint density at radius 2 is 2.20 bits per heavy atom. The van der Waals surface area contributed by atoms with E-state index in [0.29, 0.717) is 29.0 Å². The highest BCUT2D eigenvalue weighted by Gasteiger charge is 2.05. The van der Waals surface area contributed by atoms with Crippen molar-refractivity contribution in [3.63, 3.8) is 0 Å². The average Bonchev–Trinajstić information content (AvgIpc) is 2.17. The van der Waals surface area contributed by atoms with E-state index in [1.807, 2.05) is 6.07 Å². The van der Waals surface area contributed by atoms with E-state index in [2.05, 4.69) is 13.8 Å². The van der Waals surface area contributed by atoms with Gasteiger partial charge in [-0.3, -0.25) is 0 Å². The smallest absolute Gasteiger partial charge is 0.138 e. The number of hydrogen-bond donors (Lipinski definition) is 1. The van der Waals surface area contributed by atoms with Gasteiger partial charge in [-0.1, -0.05) is 31.9 Å². The van der Waals surface area contributed by atoms with Gasteiger partial charge in [0.1, 0.15) is 5.75 Å². The van der Waals surface area contributed by atoms with Crippen LogP contribution in [0.25, 0.3) is 0 Å². The normalized spacial score (nSPS) is 12.5. The van der Waals surface area contributed by atoms with E-state index in [4.69, 9.17) is 22.1 Å². The van der Waals surface area contributed by atoms with E-state index in [-0.39, 0.29) is 0 Å². The zero-order valence-electron chi connectivity index (χ0n) is 9.29. The zero-order chi connectivity index (χ0) is 11.3. The van der Waals surface area contributed by atoms with Crippen LogP contribution in [0.4, 0.5) is 5.69 Å². The molecule has 0 aliphatic rings. The summed E-state index contributed by atoms with van der Waals surface area (Å²) in [4.78, 5) is 0. The molecule has 0 fully saturated rings. The Labute approximate surface area is 96.4 Å². The van der Waals surface area contributed by atoms with Crippen molar-refractivity contribution in [2.24, 2.45) is 5.92 Å². The van der Waals surface area contributed by atoms with Crippen molar-refractivity contribution in [1.29, 1.82) is 0 Å². The van der Waals surface area contributed by atoms with Gasteiger partial charge in [0.05, 0.1) is 11.6 Å². The maximum atomic E-state index is 5.99. The standard InChI is InChI=1S/C12H18ClNO/c1-3-4-9(2)8-15-12-6-5-10(14)7-11(12)13/h5-7,9H,3-4,8,14H2,1-2H3. The Bertz CT molecular complexity index is 314. The molecule has 0 saturated carbocycles. The topological polar surface area (TPSA) is 35.2 Å². The predicted molar refractivity (Wildman–Crippen MR) is 65.4 cm³/mol. The van der Waals surface area contributed by atoms with Gasteiger partial charge in [0, 0.05) is 5.69 Å². The molecule has 2 N–H and O–H groups in total. The highest BCUT2D eigenvalue weighted by atomic mass is 35.5. The van der Waals surface area contributed by atoms with Gasteiger partial charge in [0.25, 0.3) is 0 Å². The molecule has 0 saturated heterocycles. The third-order valence-corrected chi connectivity index (χ3v) is 2.56. The summed E-state index contributed by atoms with van der Waals surface area (Å²) < 4.78 is 5.62. The third-order valence-electron chi connectivity index (χ3n) is 2.26. The van der Waals surface area contributed by atoms with Crippen molar-refractivity contribution in [1.82, 2.24) is 0 Å². The lowest BCUT2D eigenvalue weighted by atomic mass is 10.1. The fourth-order valence-corrected chi connectivity index (χ4v) is 1.69.